The predicted molar refractivity (Wildman–Crippen MR) is 86.9 cm³/mol. The summed E-state index contributed by atoms with van der Waals surface area (Å²) in [6.07, 6.45) is 1.50. The molecule has 1 aliphatic heterocycles. The van der Waals surface area contributed by atoms with Crippen molar-refractivity contribution in [2.75, 3.05) is 12.4 Å². The maximum atomic E-state index is 9.79. The summed E-state index contributed by atoms with van der Waals surface area (Å²) >= 11 is 0. The van der Waals surface area contributed by atoms with E-state index >= 15 is 0 Å². The Morgan fingerprint density at radius 3 is 2.52 bits per heavy atom. The number of fused-ring (bicyclic) bond motifs is 1. The lowest BCUT2D eigenvalue weighted by atomic mass is 9.84. The summed E-state index contributed by atoms with van der Waals surface area (Å²) in [7, 11) is 1.63. The highest BCUT2D eigenvalue weighted by Gasteiger charge is 2.35. The highest BCUT2D eigenvalue weighted by atomic mass is 16.5. The lowest BCUT2D eigenvalue weighted by molar-refractivity contribution is 0.414. The van der Waals surface area contributed by atoms with Gasteiger partial charge >= 0.3 is 0 Å². The van der Waals surface area contributed by atoms with Crippen LogP contribution >= 0.6 is 0 Å². The number of allylic oxidation sites excluding steroid dienone is 2. The summed E-state index contributed by atoms with van der Waals surface area (Å²) in [6, 6.07) is 9.76. The highest BCUT2D eigenvalue weighted by molar-refractivity contribution is 5.54. The van der Waals surface area contributed by atoms with Crippen LogP contribution in [0.1, 0.15) is 32.4 Å². The second-order valence-electron chi connectivity index (χ2n) is 6.48. The number of nitrogens with one attached hydrogen (secondary N) is 1. The average molecular weight is 309 g/mol. The molecule has 2 aromatic rings. The van der Waals surface area contributed by atoms with Crippen molar-refractivity contribution in [2.45, 2.75) is 26.8 Å². The number of benzene rings is 1. The number of rotatable bonds is 2. The molecule has 23 heavy (non-hydrogen) atoms. The summed E-state index contributed by atoms with van der Waals surface area (Å²) in [5.41, 5.74) is 2.30. The van der Waals surface area contributed by atoms with Crippen LogP contribution in [0.5, 0.6) is 5.75 Å². The van der Waals surface area contributed by atoms with E-state index in [0.717, 1.165) is 17.0 Å². The lowest BCUT2D eigenvalue weighted by Gasteiger charge is -2.33. The Morgan fingerprint density at radius 2 is 1.96 bits per heavy atom. The van der Waals surface area contributed by atoms with Crippen molar-refractivity contribution in [1.82, 2.24) is 14.8 Å². The zero-order chi connectivity index (χ0) is 16.6. The van der Waals surface area contributed by atoms with Crippen molar-refractivity contribution in [1.29, 1.82) is 5.26 Å². The van der Waals surface area contributed by atoms with E-state index in [2.05, 4.69) is 42.2 Å². The molecule has 0 spiro atoms. The van der Waals surface area contributed by atoms with E-state index in [1.807, 2.05) is 24.3 Å². The van der Waals surface area contributed by atoms with Gasteiger partial charge in [-0.3, -0.25) is 0 Å². The number of nitrogens with zero attached hydrogens (tertiary/aromatic N) is 4. The molecule has 0 radical (unpaired) electrons. The SMILES string of the molecule is COc1ccc([C@H]2C(C#N)=C(C(C)(C)C)Nc3ncnn32)cc1. The number of ether oxygens (including phenoxy) is 1. The van der Waals surface area contributed by atoms with Crippen LogP contribution in [0.2, 0.25) is 0 Å². The van der Waals surface area contributed by atoms with Gasteiger partial charge in [0.1, 0.15) is 18.1 Å². The number of methoxy groups -OCH3 is 1. The molecule has 0 bridgehead atoms. The van der Waals surface area contributed by atoms with Gasteiger partial charge < -0.3 is 10.1 Å². The molecule has 1 atom stereocenters. The number of anilines is 1. The molecule has 0 amide bonds. The molecule has 0 unspecified atom stereocenters. The van der Waals surface area contributed by atoms with Gasteiger partial charge in [0.25, 0.3) is 0 Å². The molecule has 3 rings (SSSR count). The Bertz CT molecular complexity index is 790. The topological polar surface area (TPSA) is 75.8 Å². The van der Waals surface area contributed by atoms with E-state index < -0.39 is 0 Å². The molecular formula is C17H19N5O. The van der Waals surface area contributed by atoms with Crippen LogP contribution in [-0.4, -0.2) is 21.9 Å². The number of hydrogen-bond acceptors (Lipinski definition) is 5. The van der Waals surface area contributed by atoms with E-state index in [9.17, 15) is 5.26 Å². The molecule has 1 aromatic heterocycles. The Hall–Kier alpha value is -2.81. The van der Waals surface area contributed by atoms with E-state index in [-0.39, 0.29) is 11.5 Å². The number of nitriles is 1. The fourth-order valence-corrected chi connectivity index (χ4v) is 2.77. The third-order valence-electron chi connectivity index (χ3n) is 3.90. The third-order valence-corrected chi connectivity index (χ3v) is 3.90. The first-order chi connectivity index (χ1) is 11.0. The molecule has 118 valence electrons. The normalized spacial score (nSPS) is 17.3. The van der Waals surface area contributed by atoms with Gasteiger partial charge in [-0.15, -0.1) is 0 Å². The molecule has 1 N–H and O–H groups in total. The molecule has 0 fully saturated rings. The van der Waals surface area contributed by atoms with E-state index in [0.29, 0.717) is 11.5 Å². The van der Waals surface area contributed by atoms with Crippen molar-refractivity contribution in [3.05, 3.63) is 47.4 Å². The fourth-order valence-electron chi connectivity index (χ4n) is 2.77. The highest BCUT2D eigenvalue weighted by Crippen LogP contribution is 2.40. The summed E-state index contributed by atoms with van der Waals surface area (Å²) in [6.45, 7) is 6.22. The smallest absolute Gasteiger partial charge is 0.226 e. The summed E-state index contributed by atoms with van der Waals surface area (Å²) in [5.74, 6) is 1.43. The third kappa shape index (κ3) is 2.55. The number of aromatic nitrogens is 3. The quantitative estimate of drug-likeness (QED) is 0.922. The average Bonchev–Trinajstić information content (AvgIpc) is 3.00. The molecule has 2 heterocycles. The van der Waals surface area contributed by atoms with Crippen LogP contribution in [0.3, 0.4) is 0 Å². The van der Waals surface area contributed by atoms with Gasteiger partial charge in [-0.1, -0.05) is 32.9 Å². The molecule has 0 saturated heterocycles. The summed E-state index contributed by atoms with van der Waals surface area (Å²) in [5, 5.41) is 17.3. The van der Waals surface area contributed by atoms with Crippen molar-refractivity contribution < 1.29 is 4.74 Å². The Balaban J connectivity index is 2.19. The van der Waals surface area contributed by atoms with Crippen LogP contribution in [-0.2, 0) is 0 Å². The van der Waals surface area contributed by atoms with Crippen molar-refractivity contribution in [3.8, 4) is 11.8 Å². The largest absolute Gasteiger partial charge is 0.497 e. The predicted octanol–water partition coefficient (Wildman–Crippen LogP) is 3.13. The van der Waals surface area contributed by atoms with Gasteiger partial charge in [0, 0.05) is 11.1 Å². The van der Waals surface area contributed by atoms with Crippen LogP contribution in [0.15, 0.2) is 41.9 Å². The van der Waals surface area contributed by atoms with Gasteiger partial charge in [0.15, 0.2) is 0 Å². The second kappa shape index (κ2) is 5.43. The minimum atomic E-state index is -0.293. The van der Waals surface area contributed by atoms with E-state index in [4.69, 9.17) is 4.74 Å². The van der Waals surface area contributed by atoms with Crippen molar-refractivity contribution in [3.63, 3.8) is 0 Å². The molecule has 6 nitrogen and oxygen atoms in total. The van der Waals surface area contributed by atoms with Gasteiger partial charge in [0.2, 0.25) is 5.95 Å². The Kier molecular flexibility index (Phi) is 3.57. The molecule has 0 aliphatic carbocycles. The van der Waals surface area contributed by atoms with Crippen LogP contribution in [0, 0.1) is 16.7 Å². The number of hydrogen-bond donors (Lipinski definition) is 1. The van der Waals surface area contributed by atoms with Gasteiger partial charge in [-0.25, -0.2) is 4.68 Å². The maximum absolute atomic E-state index is 9.79. The van der Waals surface area contributed by atoms with Gasteiger partial charge in [0.05, 0.1) is 18.8 Å². The van der Waals surface area contributed by atoms with Crippen LogP contribution in [0.4, 0.5) is 5.95 Å². The molecular weight excluding hydrogens is 290 g/mol. The zero-order valence-electron chi connectivity index (χ0n) is 13.7. The first kappa shape index (κ1) is 15.1. The summed E-state index contributed by atoms with van der Waals surface area (Å²) in [4.78, 5) is 4.27. The van der Waals surface area contributed by atoms with E-state index in [1.165, 1.54) is 6.33 Å². The maximum Gasteiger partial charge on any atom is 0.226 e. The van der Waals surface area contributed by atoms with Crippen LogP contribution in [0.25, 0.3) is 0 Å². The minimum Gasteiger partial charge on any atom is -0.497 e. The Labute approximate surface area is 135 Å². The zero-order valence-corrected chi connectivity index (χ0v) is 13.7. The van der Waals surface area contributed by atoms with Crippen molar-refractivity contribution >= 4 is 5.95 Å². The van der Waals surface area contributed by atoms with Crippen molar-refractivity contribution in [2.24, 2.45) is 5.41 Å². The first-order valence-electron chi connectivity index (χ1n) is 7.41. The standard InChI is InChI=1S/C17H19N5O/c1-17(2,3)15-13(9-18)14(22-16(21-15)19-10-20-22)11-5-7-12(23-4)8-6-11/h5-8,10,14H,1-4H3,(H,19,20,21)/t14-/m0/s1. The second-order valence-corrected chi connectivity index (χ2v) is 6.48. The molecule has 0 saturated carbocycles. The summed E-state index contributed by atoms with van der Waals surface area (Å²) < 4.78 is 6.96. The fraction of sp³-hybridized carbons (Fsp3) is 0.353. The molecule has 1 aromatic carbocycles. The first-order valence-corrected chi connectivity index (χ1v) is 7.41. The Morgan fingerprint density at radius 1 is 1.26 bits per heavy atom. The van der Waals surface area contributed by atoms with E-state index in [1.54, 1.807) is 11.8 Å². The monoisotopic (exact) mass is 309 g/mol. The minimum absolute atomic E-state index is 0.201. The lowest BCUT2D eigenvalue weighted by Crippen LogP contribution is -2.30. The van der Waals surface area contributed by atoms with Gasteiger partial charge in [-0.05, 0) is 17.7 Å². The molecule has 6 heteroatoms. The molecule has 1 aliphatic rings. The van der Waals surface area contributed by atoms with Gasteiger partial charge in [-0.2, -0.15) is 15.3 Å². The van der Waals surface area contributed by atoms with Crippen LogP contribution < -0.4 is 10.1 Å².